The van der Waals surface area contributed by atoms with Gasteiger partial charge in [0.2, 0.25) is 0 Å². The number of hydrogen-bond acceptors (Lipinski definition) is 2. The van der Waals surface area contributed by atoms with Crippen molar-refractivity contribution in [1.29, 1.82) is 0 Å². The largest absolute Gasteiger partial charge is 0.321 e. The highest BCUT2D eigenvalue weighted by Crippen LogP contribution is 2.37. The van der Waals surface area contributed by atoms with Crippen LogP contribution < -0.4 is 5.32 Å². The Morgan fingerprint density at radius 2 is 1.80 bits per heavy atom. The molecule has 2 nitrogen and oxygen atoms in total. The number of halogens is 3. The first kappa shape index (κ1) is 14.8. The smallest absolute Gasteiger partial charge is 0.289 e. The zero-order valence-electron chi connectivity index (χ0n) is 10.1. The van der Waals surface area contributed by atoms with Crippen LogP contribution in [0.2, 0.25) is 5.02 Å². The second-order valence-electron chi connectivity index (χ2n) is 3.82. The van der Waals surface area contributed by atoms with Crippen molar-refractivity contribution in [2.45, 2.75) is 10.7 Å². The van der Waals surface area contributed by atoms with E-state index in [4.69, 9.17) is 11.6 Å². The number of carbonyl (C=O) groups excluding carboxylic acids is 1. The van der Waals surface area contributed by atoms with Crippen LogP contribution in [0.4, 0.5) is 14.5 Å². The molecular weight excluding hydrogens is 304 g/mol. The molecule has 2 rings (SSSR count). The Morgan fingerprint density at radius 3 is 2.45 bits per heavy atom. The van der Waals surface area contributed by atoms with Crippen LogP contribution in [-0.4, -0.2) is 11.7 Å². The highest BCUT2D eigenvalue weighted by Gasteiger charge is 2.15. The van der Waals surface area contributed by atoms with Crippen molar-refractivity contribution in [3.63, 3.8) is 0 Å². The Kier molecular flexibility index (Phi) is 4.98. The molecule has 0 bridgehead atoms. The van der Waals surface area contributed by atoms with Crippen LogP contribution in [0.15, 0.2) is 53.4 Å². The molecule has 0 aliphatic heterocycles. The van der Waals surface area contributed by atoms with Gasteiger partial charge in [-0.25, -0.2) is 0 Å². The second kappa shape index (κ2) is 6.72. The lowest BCUT2D eigenvalue weighted by atomic mass is 10.2. The molecule has 0 spiro atoms. The van der Waals surface area contributed by atoms with Crippen LogP contribution >= 0.6 is 23.4 Å². The second-order valence-corrected chi connectivity index (χ2v) is 5.22. The first-order chi connectivity index (χ1) is 9.58. The van der Waals surface area contributed by atoms with Crippen molar-refractivity contribution in [3.05, 3.63) is 59.1 Å². The molecule has 0 aliphatic rings. The van der Waals surface area contributed by atoms with E-state index in [1.165, 1.54) is 12.1 Å². The number of rotatable bonds is 4. The average molecular weight is 314 g/mol. The lowest BCUT2D eigenvalue weighted by Crippen LogP contribution is -2.12. The van der Waals surface area contributed by atoms with Gasteiger partial charge in [-0.2, -0.15) is 8.78 Å². The van der Waals surface area contributed by atoms with E-state index >= 15 is 0 Å². The predicted octanol–water partition coefficient (Wildman–Crippen LogP) is 4.91. The first-order valence-electron chi connectivity index (χ1n) is 5.67. The van der Waals surface area contributed by atoms with Gasteiger partial charge < -0.3 is 5.32 Å². The molecule has 0 radical (unpaired) electrons. The zero-order valence-corrected chi connectivity index (χ0v) is 11.7. The van der Waals surface area contributed by atoms with Crippen molar-refractivity contribution >= 4 is 35.0 Å². The maximum absolute atomic E-state index is 12.5. The zero-order chi connectivity index (χ0) is 14.5. The fourth-order valence-electron chi connectivity index (χ4n) is 1.60. The maximum Gasteiger partial charge on any atom is 0.289 e. The molecule has 104 valence electrons. The van der Waals surface area contributed by atoms with Crippen molar-refractivity contribution < 1.29 is 13.6 Å². The van der Waals surface area contributed by atoms with Crippen molar-refractivity contribution in [3.8, 4) is 0 Å². The topological polar surface area (TPSA) is 29.1 Å². The molecule has 2 aromatic rings. The normalized spacial score (nSPS) is 10.6. The van der Waals surface area contributed by atoms with E-state index in [1.54, 1.807) is 36.4 Å². The summed E-state index contributed by atoms with van der Waals surface area (Å²) < 4.78 is 25.1. The summed E-state index contributed by atoms with van der Waals surface area (Å²) in [6.07, 6.45) is 0. The van der Waals surface area contributed by atoms with Crippen LogP contribution in [0.5, 0.6) is 0 Å². The summed E-state index contributed by atoms with van der Waals surface area (Å²) in [4.78, 5) is 12.2. The van der Waals surface area contributed by atoms with Crippen molar-refractivity contribution in [1.82, 2.24) is 0 Å². The molecule has 2 aromatic carbocycles. The van der Waals surface area contributed by atoms with Gasteiger partial charge in [0.05, 0.1) is 15.6 Å². The molecule has 6 heteroatoms. The number of amides is 1. The molecule has 0 heterocycles. The van der Waals surface area contributed by atoms with E-state index in [0.29, 0.717) is 17.3 Å². The fraction of sp³-hybridized carbons (Fsp3) is 0.0714. The van der Waals surface area contributed by atoms with Crippen LogP contribution in [0.1, 0.15) is 10.4 Å². The number of benzene rings is 2. The van der Waals surface area contributed by atoms with Crippen LogP contribution in [0.3, 0.4) is 0 Å². The van der Waals surface area contributed by atoms with E-state index in [0.717, 1.165) is 0 Å². The number of alkyl halides is 2. The Labute approximate surface area is 124 Å². The van der Waals surface area contributed by atoms with Gasteiger partial charge in [-0.3, -0.25) is 4.79 Å². The van der Waals surface area contributed by atoms with Gasteiger partial charge in [-0.05, 0) is 24.3 Å². The summed E-state index contributed by atoms with van der Waals surface area (Å²) in [5.41, 5.74) is 0.720. The third-order valence-electron chi connectivity index (χ3n) is 2.46. The standard InChI is InChI=1S/C14H10ClF2NOS/c15-10-7-4-8-11(12(10)20-14(16)17)18-13(19)9-5-2-1-3-6-9/h1-8,14H,(H,18,19). The van der Waals surface area contributed by atoms with Gasteiger partial charge in [0.1, 0.15) is 0 Å². The number of thioether (sulfide) groups is 1. The summed E-state index contributed by atoms with van der Waals surface area (Å²) in [5.74, 6) is -2.98. The molecule has 1 amide bonds. The van der Waals surface area contributed by atoms with E-state index in [-0.39, 0.29) is 21.5 Å². The lowest BCUT2D eigenvalue weighted by molar-refractivity contribution is 0.102. The van der Waals surface area contributed by atoms with Crippen molar-refractivity contribution in [2.24, 2.45) is 0 Å². The molecule has 0 unspecified atom stereocenters. The molecule has 20 heavy (non-hydrogen) atoms. The van der Waals surface area contributed by atoms with Crippen molar-refractivity contribution in [2.75, 3.05) is 5.32 Å². The SMILES string of the molecule is O=C(Nc1cccc(Cl)c1SC(F)F)c1ccccc1. The monoisotopic (exact) mass is 313 g/mol. The highest BCUT2D eigenvalue weighted by atomic mass is 35.5. The molecule has 1 N–H and O–H groups in total. The quantitative estimate of drug-likeness (QED) is 0.813. The van der Waals surface area contributed by atoms with E-state index < -0.39 is 5.76 Å². The van der Waals surface area contributed by atoms with Gasteiger partial charge in [0, 0.05) is 5.56 Å². The minimum absolute atomic E-state index is 0.161. The molecule has 0 saturated heterocycles. The minimum Gasteiger partial charge on any atom is -0.321 e. The van der Waals surface area contributed by atoms with E-state index in [2.05, 4.69) is 5.32 Å². The number of anilines is 1. The van der Waals surface area contributed by atoms with Gasteiger partial charge >= 0.3 is 0 Å². The lowest BCUT2D eigenvalue weighted by Gasteiger charge is -2.12. The summed E-state index contributed by atoms with van der Waals surface area (Å²) in [6, 6.07) is 13.2. The molecule has 0 atom stereocenters. The van der Waals surface area contributed by atoms with E-state index in [9.17, 15) is 13.6 Å². The van der Waals surface area contributed by atoms with Gasteiger partial charge in [-0.1, -0.05) is 47.6 Å². The third-order valence-corrected chi connectivity index (χ3v) is 3.74. The van der Waals surface area contributed by atoms with Gasteiger partial charge in [0.15, 0.2) is 0 Å². The summed E-state index contributed by atoms with van der Waals surface area (Å²) in [7, 11) is 0. The Morgan fingerprint density at radius 1 is 1.10 bits per heavy atom. The van der Waals surface area contributed by atoms with Crippen LogP contribution in [0, 0.1) is 0 Å². The third kappa shape index (κ3) is 3.71. The van der Waals surface area contributed by atoms with Crippen LogP contribution in [0.25, 0.3) is 0 Å². The fourth-order valence-corrected chi connectivity index (χ4v) is 2.51. The Hall–Kier alpha value is -1.59. The maximum atomic E-state index is 12.5. The number of hydrogen-bond donors (Lipinski definition) is 1. The molecule has 0 aromatic heterocycles. The van der Waals surface area contributed by atoms with Crippen LogP contribution in [-0.2, 0) is 0 Å². The first-order valence-corrected chi connectivity index (χ1v) is 6.93. The van der Waals surface area contributed by atoms with Gasteiger partial charge in [0.25, 0.3) is 11.7 Å². The molecule has 0 fully saturated rings. The Bertz CT molecular complexity index is 607. The summed E-state index contributed by atoms with van der Waals surface area (Å²) in [5, 5.41) is 2.78. The number of nitrogens with one attached hydrogen (secondary N) is 1. The summed E-state index contributed by atoms with van der Waals surface area (Å²) in [6.45, 7) is 0. The average Bonchev–Trinajstić information content (AvgIpc) is 2.43. The predicted molar refractivity (Wildman–Crippen MR) is 77.7 cm³/mol. The molecular formula is C14H10ClF2NOS. The molecule has 0 aliphatic carbocycles. The van der Waals surface area contributed by atoms with E-state index in [1.807, 2.05) is 0 Å². The summed E-state index contributed by atoms with van der Waals surface area (Å²) >= 11 is 6.21. The highest BCUT2D eigenvalue weighted by molar-refractivity contribution is 7.99. The Balaban J connectivity index is 2.25. The van der Waals surface area contributed by atoms with Gasteiger partial charge in [-0.15, -0.1) is 0 Å². The number of carbonyl (C=O) groups is 1. The minimum atomic E-state index is -2.61. The molecule has 0 saturated carbocycles.